The number of ketones is 1. The number of rotatable bonds is 3. The van der Waals surface area contributed by atoms with Crippen LogP contribution in [0.4, 0.5) is 19.0 Å². The molecule has 1 aromatic rings. The summed E-state index contributed by atoms with van der Waals surface area (Å²) < 4.78 is 37.0. The van der Waals surface area contributed by atoms with E-state index >= 15 is 0 Å². The topological polar surface area (TPSA) is 36.4 Å². The van der Waals surface area contributed by atoms with E-state index in [0.29, 0.717) is 37.6 Å². The summed E-state index contributed by atoms with van der Waals surface area (Å²) >= 11 is 0. The molecular formula is C13H16F3N3O. The van der Waals surface area contributed by atoms with Crippen molar-refractivity contribution >= 4 is 11.6 Å². The maximum atomic E-state index is 12.3. The lowest BCUT2D eigenvalue weighted by Crippen LogP contribution is -2.49. The first-order valence-electron chi connectivity index (χ1n) is 6.37. The van der Waals surface area contributed by atoms with Gasteiger partial charge in [-0.25, -0.2) is 4.98 Å². The molecule has 0 aliphatic carbocycles. The lowest BCUT2D eigenvalue weighted by molar-refractivity contribution is -0.146. The maximum absolute atomic E-state index is 12.3. The Bertz CT molecular complexity index is 482. The molecule has 1 saturated heterocycles. The molecule has 1 fully saturated rings. The highest BCUT2D eigenvalue weighted by molar-refractivity contribution is 5.98. The Morgan fingerprint density at radius 2 is 1.95 bits per heavy atom. The second kappa shape index (κ2) is 5.78. The van der Waals surface area contributed by atoms with Gasteiger partial charge < -0.3 is 4.90 Å². The van der Waals surface area contributed by atoms with Gasteiger partial charge >= 0.3 is 6.18 Å². The summed E-state index contributed by atoms with van der Waals surface area (Å²) in [5, 5.41) is 0. The molecule has 7 heteroatoms. The van der Waals surface area contributed by atoms with Crippen molar-refractivity contribution in [2.45, 2.75) is 13.1 Å². The van der Waals surface area contributed by atoms with E-state index in [1.165, 1.54) is 11.8 Å². The molecule has 0 amide bonds. The Morgan fingerprint density at radius 3 is 2.50 bits per heavy atom. The molecule has 0 saturated carbocycles. The molecule has 20 heavy (non-hydrogen) atoms. The molecule has 0 aromatic carbocycles. The van der Waals surface area contributed by atoms with E-state index in [9.17, 15) is 18.0 Å². The number of carbonyl (C=O) groups is 1. The van der Waals surface area contributed by atoms with Gasteiger partial charge in [0.05, 0.1) is 12.1 Å². The number of anilines is 1. The molecule has 1 aliphatic heterocycles. The lowest BCUT2D eigenvalue weighted by atomic mass is 10.1. The van der Waals surface area contributed by atoms with Crippen LogP contribution in [0.25, 0.3) is 0 Å². The molecule has 1 aliphatic rings. The van der Waals surface area contributed by atoms with E-state index in [1.807, 2.05) is 4.90 Å². The number of piperazine rings is 1. The third-order valence-electron chi connectivity index (χ3n) is 3.24. The maximum Gasteiger partial charge on any atom is 0.401 e. The molecule has 0 radical (unpaired) electrons. The van der Waals surface area contributed by atoms with Crippen molar-refractivity contribution in [3.8, 4) is 0 Å². The van der Waals surface area contributed by atoms with Gasteiger partial charge in [0.2, 0.25) is 0 Å². The zero-order valence-electron chi connectivity index (χ0n) is 11.2. The molecule has 0 bridgehead atoms. The summed E-state index contributed by atoms with van der Waals surface area (Å²) in [5.41, 5.74) is 0.511. The van der Waals surface area contributed by atoms with Crippen LogP contribution in [0.2, 0.25) is 0 Å². The summed E-state index contributed by atoms with van der Waals surface area (Å²) in [6.07, 6.45) is -2.58. The predicted molar refractivity (Wildman–Crippen MR) is 68.9 cm³/mol. The van der Waals surface area contributed by atoms with Gasteiger partial charge in [-0.1, -0.05) is 0 Å². The van der Waals surface area contributed by atoms with Gasteiger partial charge in [0, 0.05) is 32.4 Å². The number of Topliss-reactive ketones (excluding diaryl/α,β-unsaturated/α-hetero) is 1. The first-order chi connectivity index (χ1) is 9.37. The molecular weight excluding hydrogens is 271 g/mol. The van der Waals surface area contributed by atoms with Crippen LogP contribution in [-0.4, -0.2) is 54.6 Å². The Labute approximate surface area is 115 Å². The van der Waals surface area contributed by atoms with Crippen LogP contribution in [0.3, 0.4) is 0 Å². The largest absolute Gasteiger partial charge is 0.401 e. The quantitative estimate of drug-likeness (QED) is 0.796. The minimum Gasteiger partial charge on any atom is -0.353 e. The van der Waals surface area contributed by atoms with Crippen LogP contribution in [0.15, 0.2) is 18.3 Å². The van der Waals surface area contributed by atoms with Crippen LogP contribution >= 0.6 is 0 Å². The molecule has 2 heterocycles. The average molecular weight is 287 g/mol. The van der Waals surface area contributed by atoms with Crippen molar-refractivity contribution in [2.24, 2.45) is 0 Å². The van der Waals surface area contributed by atoms with Crippen LogP contribution in [0, 0.1) is 0 Å². The van der Waals surface area contributed by atoms with Crippen molar-refractivity contribution in [1.82, 2.24) is 9.88 Å². The van der Waals surface area contributed by atoms with Gasteiger partial charge in [0.25, 0.3) is 0 Å². The number of halogens is 3. The minimum atomic E-state index is -4.17. The molecule has 0 N–H and O–H groups in total. The van der Waals surface area contributed by atoms with Crippen molar-refractivity contribution in [2.75, 3.05) is 37.6 Å². The van der Waals surface area contributed by atoms with E-state index in [0.717, 1.165) is 0 Å². The zero-order chi connectivity index (χ0) is 14.8. The minimum absolute atomic E-state index is 0.0918. The van der Waals surface area contributed by atoms with E-state index in [1.54, 1.807) is 18.3 Å². The summed E-state index contributed by atoms with van der Waals surface area (Å²) in [4.78, 5) is 19.0. The Morgan fingerprint density at radius 1 is 1.30 bits per heavy atom. The number of carbonyl (C=O) groups excluding carboxylic acids is 1. The van der Waals surface area contributed by atoms with Gasteiger partial charge in [0.1, 0.15) is 5.82 Å². The first kappa shape index (κ1) is 14.8. The Kier molecular flexibility index (Phi) is 4.27. The smallest absolute Gasteiger partial charge is 0.353 e. The summed E-state index contributed by atoms with van der Waals surface area (Å²) in [7, 11) is 0. The van der Waals surface area contributed by atoms with E-state index in [2.05, 4.69) is 4.98 Å². The molecule has 2 rings (SSSR count). The highest BCUT2D eigenvalue weighted by atomic mass is 19.4. The van der Waals surface area contributed by atoms with E-state index in [4.69, 9.17) is 0 Å². The van der Waals surface area contributed by atoms with Gasteiger partial charge in [-0.15, -0.1) is 0 Å². The highest BCUT2D eigenvalue weighted by Crippen LogP contribution is 2.21. The predicted octanol–water partition coefficient (Wildman–Crippen LogP) is 1.97. The van der Waals surface area contributed by atoms with Gasteiger partial charge in [-0.05, 0) is 19.1 Å². The van der Waals surface area contributed by atoms with Crippen molar-refractivity contribution < 1.29 is 18.0 Å². The molecule has 1 aromatic heterocycles. The third kappa shape index (κ3) is 3.69. The normalized spacial score (nSPS) is 17.3. The number of nitrogens with zero attached hydrogens (tertiary/aromatic N) is 3. The first-order valence-corrected chi connectivity index (χ1v) is 6.37. The Balaban J connectivity index is 2.03. The van der Waals surface area contributed by atoms with Gasteiger partial charge in [0.15, 0.2) is 5.78 Å². The molecule has 0 spiro atoms. The van der Waals surface area contributed by atoms with Crippen LogP contribution in [0.1, 0.15) is 17.3 Å². The monoisotopic (exact) mass is 287 g/mol. The summed E-state index contributed by atoms with van der Waals surface area (Å²) in [6, 6.07) is 3.37. The van der Waals surface area contributed by atoms with E-state index < -0.39 is 12.7 Å². The fourth-order valence-electron chi connectivity index (χ4n) is 2.30. The fourth-order valence-corrected chi connectivity index (χ4v) is 2.30. The van der Waals surface area contributed by atoms with Crippen LogP contribution in [0.5, 0.6) is 0 Å². The number of aromatic nitrogens is 1. The molecule has 110 valence electrons. The standard InChI is InChI=1S/C13H16F3N3O/c1-10(20)11-3-2-4-17-12(11)19-7-5-18(6-8-19)9-13(14,15)16/h2-4H,5-9H2,1H3. The van der Waals surface area contributed by atoms with Gasteiger partial charge in [-0.2, -0.15) is 13.2 Å². The SMILES string of the molecule is CC(=O)c1cccnc1N1CCN(CC(F)(F)F)CC1. The Hall–Kier alpha value is -1.63. The second-order valence-corrected chi connectivity index (χ2v) is 4.81. The second-order valence-electron chi connectivity index (χ2n) is 4.81. The summed E-state index contributed by atoms with van der Waals surface area (Å²) in [6.45, 7) is 2.07. The van der Waals surface area contributed by atoms with Gasteiger partial charge in [-0.3, -0.25) is 9.69 Å². The molecule has 0 unspecified atom stereocenters. The average Bonchev–Trinajstić information content (AvgIpc) is 2.38. The zero-order valence-corrected chi connectivity index (χ0v) is 11.2. The molecule has 0 atom stereocenters. The van der Waals surface area contributed by atoms with Crippen molar-refractivity contribution in [1.29, 1.82) is 0 Å². The summed E-state index contributed by atoms with van der Waals surface area (Å²) in [5.74, 6) is 0.470. The van der Waals surface area contributed by atoms with Crippen LogP contribution in [-0.2, 0) is 0 Å². The van der Waals surface area contributed by atoms with E-state index in [-0.39, 0.29) is 5.78 Å². The lowest BCUT2D eigenvalue weighted by Gasteiger charge is -2.36. The highest BCUT2D eigenvalue weighted by Gasteiger charge is 2.32. The molecule has 4 nitrogen and oxygen atoms in total. The van der Waals surface area contributed by atoms with Crippen molar-refractivity contribution in [3.05, 3.63) is 23.9 Å². The fraction of sp³-hybridized carbons (Fsp3) is 0.538. The number of hydrogen-bond acceptors (Lipinski definition) is 4. The van der Waals surface area contributed by atoms with Crippen LogP contribution < -0.4 is 4.90 Å². The van der Waals surface area contributed by atoms with Crippen molar-refractivity contribution in [3.63, 3.8) is 0 Å². The third-order valence-corrected chi connectivity index (χ3v) is 3.24. The number of hydrogen-bond donors (Lipinski definition) is 0. The number of alkyl halides is 3. The number of pyridine rings is 1.